The first-order valence-electron chi connectivity index (χ1n) is 7.72. The van der Waals surface area contributed by atoms with Crippen molar-refractivity contribution in [2.45, 2.75) is 58.9 Å². The van der Waals surface area contributed by atoms with E-state index in [2.05, 4.69) is 58.1 Å². The van der Waals surface area contributed by atoms with Gasteiger partial charge in [-0.15, -0.1) is 0 Å². The molecule has 112 valence electrons. The molecule has 2 heteroatoms. The lowest BCUT2D eigenvalue weighted by atomic mass is 9.52. The van der Waals surface area contributed by atoms with Gasteiger partial charge >= 0.3 is 0 Å². The van der Waals surface area contributed by atoms with Crippen LogP contribution in [0.15, 0.2) is 24.3 Å². The molecule has 1 N–H and O–H groups in total. The zero-order chi connectivity index (χ0) is 15.0. The van der Waals surface area contributed by atoms with Crippen LogP contribution in [0.5, 0.6) is 0 Å². The smallest absolute Gasteiger partial charge is 0.0408 e. The van der Waals surface area contributed by atoms with Crippen LogP contribution < -0.4 is 5.32 Å². The maximum absolute atomic E-state index is 6.20. The monoisotopic (exact) mass is 293 g/mol. The van der Waals surface area contributed by atoms with E-state index in [4.69, 9.17) is 11.6 Å². The van der Waals surface area contributed by atoms with Crippen LogP contribution in [0, 0.1) is 11.3 Å². The van der Waals surface area contributed by atoms with Crippen molar-refractivity contribution in [2.75, 3.05) is 6.54 Å². The van der Waals surface area contributed by atoms with E-state index in [1.807, 2.05) is 6.07 Å². The average Bonchev–Trinajstić information content (AvgIpc) is 2.25. The molecule has 0 heterocycles. The molecule has 1 aromatic rings. The highest BCUT2D eigenvalue weighted by atomic mass is 35.5. The summed E-state index contributed by atoms with van der Waals surface area (Å²) < 4.78 is 0. The first-order valence-corrected chi connectivity index (χ1v) is 8.10. The molecule has 2 rings (SSSR count). The van der Waals surface area contributed by atoms with Gasteiger partial charge in [0.1, 0.15) is 0 Å². The minimum atomic E-state index is 0.271. The Morgan fingerprint density at radius 2 is 1.95 bits per heavy atom. The Labute approximate surface area is 129 Å². The van der Waals surface area contributed by atoms with Gasteiger partial charge in [0, 0.05) is 23.0 Å². The van der Waals surface area contributed by atoms with Gasteiger partial charge in [-0.3, -0.25) is 0 Å². The van der Waals surface area contributed by atoms with Crippen molar-refractivity contribution in [1.29, 1.82) is 0 Å². The van der Waals surface area contributed by atoms with Crippen molar-refractivity contribution in [3.63, 3.8) is 0 Å². The summed E-state index contributed by atoms with van der Waals surface area (Å²) in [6, 6.07) is 8.97. The molecule has 1 aliphatic rings. The SMILES string of the molecule is CC(C)NCC1(c2cccc(Cl)c2)CC(C(C)(C)C)C1. The van der Waals surface area contributed by atoms with Crippen LogP contribution in [-0.4, -0.2) is 12.6 Å². The highest BCUT2D eigenvalue weighted by Gasteiger charge is 2.49. The number of hydrogen-bond donors (Lipinski definition) is 1. The molecular weight excluding hydrogens is 266 g/mol. The summed E-state index contributed by atoms with van der Waals surface area (Å²) in [5, 5.41) is 4.49. The van der Waals surface area contributed by atoms with E-state index in [1.54, 1.807) is 0 Å². The molecule has 1 fully saturated rings. The summed E-state index contributed by atoms with van der Waals surface area (Å²) in [6.07, 6.45) is 2.52. The molecule has 1 nitrogen and oxygen atoms in total. The number of rotatable bonds is 4. The van der Waals surface area contributed by atoms with Gasteiger partial charge in [0.25, 0.3) is 0 Å². The molecule has 0 bridgehead atoms. The van der Waals surface area contributed by atoms with Crippen LogP contribution >= 0.6 is 11.6 Å². The van der Waals surface area contributed by atoms with E-state index < -0.39 is 0 Å². The molecule has 0 aromatic heterocycles. The summed E-state index contributed by atoms with van der Waals surface area (Å²) in [5.74, 6) is 0.801. The predicted octanol–water partition coefficient (Wildman–Crippen LogP) is 5.03. The lowest BCUT2D eigenvalue weighted by molar-refractivity contribution is 0.0437. The molecule has 0 atom stereocenters. The fourth-order valence-electron chi connectivity index (χ4n) is 3.20. The molecule has 0 aliphatic heterocycles. The summed E-state index contributed by atoms with van der Waals surface area (Å²) in [6.45, 7) is 12.6. The third kappa shape index (κ3) is 3.38. The minimum Gasteiger partial charge on any atom is -0.314 e. The highest BCUT2D eigenvalue weighted by Crippen LogP contribution is 2.54. The highest BCUT2D eigenvalue weighted by molar-refractivity contribution is 6.30. The van der Waals surface area contributed by atoms with Crippen LogP contribution in [0.3, 0.4) is 0 Å². The first kappa shape index (κ1) is 15.9. The van der Waals surface area contributed by atoms with E-state index in [0.717, 1.165) is 17.5 Å². The van der Waals surface area contributed by atoms with Crippen LogP contribution in [0.25, 0.3) is 0 Å². The lowest BCUT2D eigenvalue weighted by Gasteiger charge is -2.54. The lowest BCUT2D eigenvalue weighted by Crippen LogP contribution is -2.52. The number of hydrogen-bond acceptors (Lipinski definition) is 1. The quantitative estimate of drug-likeness (QED) is 0.821. The summed E-state index contributed by atoms with van der Waals surface area (Å²) in [7, 11) is 0. The van der Waals surface area contributed by atoms with Gasteiger partial charge in [-0.25, -0.2) is 0 Å². The standard InChI is InChI=1S/C18H28ClN/c1-13(2)20-12-18(10-15(11-18)17(3,4)5)14-7-6-8-16(19)9-14/h6-9,13,15,20H,10-12H2,1-5H3. The fourth-order valence-corrected chi connectivity index (χ4v) is 3.39. The Morgan fingerprint density at radius 3 is 2.45 bits per heavy atom. The maximum Gasteiger partial charge on any atom is 0.0408 e. The van der Waals surface area contributed by atoms with E-state index in [-0.39, 0.29) is 5.41 Å². The van der Waals surface area contributed by atoms with E-state index in [0.29, 0.717) is 11.5 Å². The summed E-state index contributed by atoms with van der Waals surface area (Å²) in [5.41, 5.74) is 2.08. The summed E-state index contributed by atoms with van der Waals surface area (Å²) in [4.78, 5) is 0. The van der Waals surface area contributed by atoms with Crippen LogP contribution in [0.2, 0.25) is 5.02 Å². The van der Waals surface area contributed by atoms with Gasteiger partial charge in [-0.05, 0) is 41.9 Å². The van der Waals surface area contributed by atoms with Crippen molar-refractivity contribution in [3.8, 4) is 0 Å². The molecule has 0 unspecified atom stereocenters. The number of benzene rings is 1. The first-order chi connectivity index (χ1) is 9.23. The molecule has 0 radical (unpaired) electrons. The molecule has 1 saturated carbocycles. The zero-order valence-electron chi connectivity index (χ0n) is 13.5. The fraction of sp³-hybridized carbons (Fsp3) is 0.667. The Bertz CT molecular complexity index is 453. The second-order valence-electron chi connectivity index (χ2n) is 7.80. The van der Waals surface area contributed by atoms with E-state index in [1.165, 1.54) is 18.4 Å². The molecule has 1 aliphatic carbocycles. The van der Waals surface area contributed by atoms with E-state index in [9.17, 15) is 0 Å². The zero-order valence-corrected chi connectivity index (χ0v) is 14.2. The second-order valence-corrected chi connectivity index (χ2v) is 8.23. The summed E-state index contributed by atoms with van der Waals surface area (Å²) >= 11 is 6.20. The van der Waals surface area contributed by atoms with Gasteiger partial charge < -0.3 is 5.32 Å². The third-order valence-corrected chi connectivity index (χ3v) is 5.02. The van der Waals surface area contributed by atoms with E-state index >= 15 is 0 Å². The molecule has 0 amide bonds. The van der Waals surface area contributed by atoms with Crippen molar-refractivity contribution in [1.82, 2.24) is 5.32 Å². The number of nitrogens with one attached hydrogen (secondary N) is 1. The topological polar surface area (TPSA) is 12.0 Å². The average molecular weight is 294 g/mol. The maximum atomic E-state index is 6.20. The van der Waals surface area contributed by atoms with Gasteiger partial charge in [-0.1, -0.05) is 58.4 Å². The van der Waals surface area contributed by atoms with Gasteiger partial charge in [-0.2, -0.15) is 0 Å². The molecular formula is C18H28ClN. The second kappa shape index (κ2) is 5.69. The number of halogens is 1. The minimum absolute atomic E-state index is 0.271. The van der Waals surface area contributed by atoms with Crippen molar-refractivity contribution >= 4 is 11.6 Å². The van der Waals surface area contributed by atoms with Crippen LogP contribution in [-0.2, 0) is 5.41 Å². The Hall–Kier alpha value is -0.530. The Kier molecular flexibility index (Phi) is 4.51. The molecule has 20 heavy (non-hydrogen) atoms. The van der Waals surface area contributed by atoms with Crippen molar-refractivity contribution < 1.29 is 0 Å². The van der Waals surface area contributed by atoms with Gasteiger partial charge in [0.2, 0.25) is 0 Å². The van der Waals surface area contributed by atoms with Gasteiger partial charge in [0.15, 0.2) is 0 Å². The molecule has 0 spiro atoms. The molecule has 1 aromatic carbocycles. The van der Waals surface area contributed by atoms with Gasteiger partial charge in [0.05, 0.1) is 0 Å². The third-order valence-electron chi connectivity index (χ3n) is 4.78. The Morgan fingerprint density at radius 1 is 1.30 bits per heavy atom. The normalized spacial score (nSPS) is 26.6. The van der Waals surface area contributed by atoms with Crippen molar-refractivity contribution in [2.24, 2.45) is 11.3 Å². The van der Waals surface area contributed by atoms with Crippen molar-refractivity contribution in [3.05, 3.63) is 34.9 Å². The Balaban J connectivity index is 2.19. The largest absolute Gasteiger partial charge is 0.314 e. The molecule has 0 saturated heterocycles. The van der Waals surface area contributed by atoms with Crippen LogP contribution in [0.4, 0.5) is 0 Å². The van der Waals surface area contributed by atoms with Crippen LogP contribution in [0.1, 0.15) is 53.0 Å². The predicted molar refractivity (Wildman–Crippen MR) is 88.4 cm³/mol.